The highest BCUT2D eigenvalue weighted by Gasteiger charge is 2.28. The van der Waals surface area contributed by atoms with E-state index in [0.717, 1.165) is 10.6 Å². The minimum Gasteiger partial charge on any atom is -0.487 e. The largest absolute Gasteiger partial charge is 0.487 e. The quantitative estimate of drug-likeness (QED) is 0.494. The number of nitrogens with two attached hydrogens (primary N) is 1. The Kier molecular flexibility index (Phi) is 7.29. The first-order chi connectivity index (χ1) is 16.8. The summed E-state index contributed by atoms with van der Waals surface area (Å²) in [5, 5.41) is 2.75. The molecule has 0 spiro atoms. The van der Waals surface area contributed by atoms with Crippen molar-refractivity contribution < 1.29 is 28.2 Å². The zero-order valence-electron chi connectivity index (χ0n) is 18.6. The lowest BCUT2D eigenvalue weighted by Crippen LogP contribution is -2.46. The van der Waals surface area contributed by atoms with Gasteiger partial charge in [0.05, 0.1) is 25.3 Å². The first kappa shape index (κ1) is 24.6. The van der Waals surface area contributed by atoms with Crippen molar-refractivity contribution in [3.05, 3.63) is 69.0 Å². The van der Waals surface area contributed by atoms with Gasteiger partial charge in [-0.05, 0) is 29.8 Å². The van der Waals surface area contributed by atoms with E-state index in [-0.39, 0.29) is 54.7 Å². The highest BCUT2D eigenvalue weighted by Crippen LogP contribution is 2.26. The molecule has 1 aromatic heterocycles. The van der Waals surface area contributed by atoms with Gasteiger partial charge in [-0.3, -0.25) is 19.0 Å². The number of carbonyl (C=O) groups is 2. The van der Waals surface area contributed by atoms with Crippen LogP contribution in [-0.2, 0) is 20.8 Å². The third kappa shape index (κ3) is 5.26. The Labute approximate surface area is 203 Å². The third-order valence-corrected chi connectivity index (χ3v) is 5.63. The van der Waals surface area contributed by atoms with Crippen LogP contribution in [0.25, 0.3) is 10.9 Å². The van der Waals surface area contributed by atoms with E-state index in [0.29, 0.717) is 10.6 Å². The summed E-state index contributed by atoms with van der Waals surface area (Å²) < 4.78 is 32.5. The Morgan fingerprint density at radius 3 is 2.74 bits per heavy atom. The van der Waals surface area contributed by atoms with Gasteiger partial charge in [-0.2, -0.15) is 0 Å². The molecule has 184 valence electrons. The molecule has 2 heterocycles. The highest BCUT2D eigenvalue weighted by atomic mass is 35.5. The Balaban J connectivity index is 1.66. The van der Waals surface area contributed by atoms with Crippen LogP contribution in [0.15, 0.2) is 41.2 Å². The molecule has 3 N–H and O–H groups in total. The highest BCUT2D eigenvalue weighted by molar-refractivity contribution is 6.30. The molecular formula is C23H22ClFN4O6. The number of aromatic nitrogens is 2. The van der Waals surface area contributed by atoms with E-state index >= 15 is 0 Å². The van der Waals surface area contributed by atoms with E-state index in [9.17, 15) is 18.8 Å². The molecule has 10 nitrogen and oxygen atoms in total. The number of carbonyl (C=O) groups excluding carboxylic acids is 2. The van der Waals surface area contributed by atoms with Crippen LogP contribution in [0.5, 0.6) is 5.75 Å². The van der Waals surface area contributed by atoms with Crippen LogP contribution in [0.4, 0.5) is 4.39 Å². The SMILES string of the molecule is CNC(=O)C1COC(COc2c(F)ccc3nc(C(N)=O)n(Cc4cccc(Cl)c4)c(=O)c23)CO1. The fraction of sp³-hybridized carbons (Fsp3) is 0.304. The Bertz CT molecular complexity index is 1340. The van der Waals surface area contributed by atoms with Crippen molar-refractivity contribution in [2.45, 2.75) is 18.8 Å². The van der Waals surface area contributed by atoms with E-state index < -0.39 is 29.5 Å². The van der Waals surface area contributed by atoms with Gasteiger partial charge in [0, 0.05) is 12.1 Å². The second-order valence-corrected chi connectivity index (χ2v) is 8.23. The maximum Gasteiger partial charge on any atom is 0.284 e. The Morgan fingerprint density at radius 1 is 1.29 bits per heavy atom. The van der Waals surface area contributed by atoms with Gasteiger partial charge in [0.15, 0.2) is 17.7 Å². The van der Waals surface area contributed by atoms with Crippen LogP contribution < -0.4 is 21.3 Å². The summed E-state index contributed by atoms with van der Waals surface area (Å²) in [6.45, 7) is -0.186. The second kappa shape index (κ2) is 10.4. The summed E-state index contributed by atoms with van der Waals surface area (Å²) in [5.41, 5.74) is 5.42. The molecule has 35 heavy (non-hydrogen) atoms. The van der Waals surface area contributed by atoms with E-state index in [1.807, 2.05) is 0 Å². The molecular weight excluding hydrogens is 483 g/mol. The molecule has 3 aromatic rings. The Morgan fingerprint density at radius 2 is 2.09 bits per heavy atom. The third-order valence-electron chi connectivity index (χ3n) is 5.40. The summed E-state index contributed by atoms with van der Waals surface area (Å²) in [4.78, 5) is 41.4. The van der Waals surface area contributed by atoms with E-state index in [2.05, 4.69) is 10.3 Å². The van der Waals surface area contributed by atoms with Crippen molar-refractivity contribution in [2.75, 3.05) is 26.9 Å². The molecule has 0 bridgehead atoms. The van der Waals surface area contributed by atoms with Gasteiger partial charge >= 0.3 is 0 Å². The van der Waals surface area contributed by atoms with Gasteiger partial charge in [-0.1, -0.05) is 23.7 Å². The number of nitrogens with one attached hydrogen (secondary N) is 1. The number of ether oxygens (including phenoxy) is 3. The van der Waals surface area contributed by atoms with Gasteiger partial charge in [-0.25, -0.2) is 9.37 Å². The molecule has 1 aliphatic rings. The molecule has 1 fully saturated rings. The van der Waals surface area contributed by atoms with Gasteiger partial charge in [0.1, 0.15) is 18.1 Å². The lowest BCUT2D eigenvalue weighted by molar-refractivity contribution is -0.163. The van der Waals surface area contributed by atoms with Crippen molar-refractivity contribution in [3.8, 4) is 5.75 Å². The molecule has 1 aliphatic heterocycles. The number of hydrogen-bond acceptors (Lipinski definition) is 7. The second-order valence-electron chi connectivity index (χ2n) is 7.79. The smallest absolute Gasteiger partial charge is 0.284 e. The van der Waals surface area contributed by atoms with Crippen LogP contribution in [-0.4, -0.2) is 60.4 Å². The number of nitrogens with zero attached hydrogens (tertiary/aromatic N) is 2. The van der Waals surface area contributed by atoms with E-state index in [1.54, 1.807) is 24.3 Å². The van der Waals surface area contributed by atoms with Crippen molar-refractivity contribution in [1.29, 1.82) is 0 Å². The van der Waals surface area contributed by atoms with Crippen LogP contribution in [0.3, 0.4) is 0 Å². The molecule has 0 aliphatic carbocycles. The molecule has 2 aromatic carbocycles. The van der Waals surface area contributed by atoms with Crippen molar-refractivity contribution in [2.24, 2.45) is 5.73 Å². The average Bonchev–Trinajstić information content (AvgIpc) is 2.84. The maximum atomic E-state index is 14.8. The van der Waals surface area contributed by atoms with Crippen molar-refractivity contribution >= 4 is 34.3 Å². The molecule has 4 rings (SSSR count). The normalized spacial score (nSPS) is 17.8. The Hall–Kier alpha value is -3.54. The van der Waals surface area contributed by atoms with Crippen molar-refractivity contribution in [1.82, 2.24) is 14.9 Å². The number of fused-ring (bicyclic) bond motifs is 1. The van der Waals surface area contributed by atoms with E-state index in [4.69, 9.17) is 31.5 Å². The first-order valence-electron chi connectivity index (χ1n) is 10.6. The maximum absolute atomic E-state index is 14.8. The summed E-state index contributed by atoms with van der Waals surface area (Å²) in [5.74, 6) is -2.66. The zero-order chi connectivity index (χ0) is 25.1. The minimum absolute atomic E-state index is 0.00167. The molecule has 2 amide bonds. The number of primary amides is 1. The molecule has 0 radical (unpaired) electrons. The number of likely N-dealkylation sites (N-methyl/N-ethyl adjacent to an activating group) is 1. The topological polar surface area (TPSA) is 135 Å². The summed E-state index contributed by atoms with van der Waals surface area (Å²) >= 11 is 6.04. The van der Waals surface area contributed by atoms with Crippen LogP contribution >= 0.6 is 11.6 Å². The fourth-order valence-corrected chi connectivity index (χ4v) is 3.89. The summed E-state index contributed by atoms with van der Waals surface area (Å²) in [6.07, 6.45) is -1.35. The molecule has 0 saturated carbocycles. The van der Waals surface area contributed by atoms with Crippen molar-refractivity contribution in [3.63, 3.8) is 0 Å². The van der Waals surface area contributed by atoms with Crippen LogP contribution in [0, 0.1) is 5.82 Å². The monoisotopic (exact) mass is 504 g/mol. The van der Waals surface area contributed by atoms with Crippen LogP contribution in [0.1, 0.15) is 16.2 Å². The predicted molar refractivity (Wildman–Crippen MR) is 124 cm³/mol. The zero-order valence-corrected chi connectivity index (χ0v) is 19.4. The number of hydrogen-bond donors (Lipinski definition) is 2. The van der Waals surface area contributed by atoms with E-state index in [1.165, 1.54) is 13.1 Å². The van der Waals surface area contributed by atoms with Gasteiger partial charge in [0.2, 0.25) is 5.82 Å². The summed E-state index contributed by atoms with van der Waals surface area (Å²) in [6, 6.07) is 9.04. The molecule has 1 saturated heterocycles. The lowest BCUT2D eigenvalue weighted by Gasteiger charge is -2.28. The first-order valence-corrected chi connectivity index (χ1v) is 11.0. The standard InChI is InChI=1S/C23H22ClFN4O6/c1-27-22(31)17-11-33-14(9-34-17)10-35-19-15(25)5-6-16-18(19)23(32)29(21(28-16)20(26)30)8-12-3-2-4-13(24)7-12/h2-7,14,17H,8-11H2,1H3,(H2,26,30)(H,27,31). The number of amides is 2. The lowest BCUT2D eigenvalue weighted by atomic mass is 10.2. The minimum atomic E-state index is -0.920. The summed E-state index contributed by atoms with van der Waals surface area (Å²) in [7, 11) is 1.49. The number of halogens is 2. The molecule has 2 unspecified atom stereocenters. The fourth-order valence-electron chi connectivity index (χ4n) is 3.67. The average molecular weight is 505 g/mol. The predicted octanol–water partition coefficient (Wildman–Crippen LogP) is 1.24. The molecule has 2 atom stereocenters. The van der Waals surface area contributed by atoms with Gasteiger partial charge < -0.3 is 25.3 Å². The van der Waals surface area contributed by atoms with Gasteiger partial charge in [-0.15, -0.1) is 0 Å². The van der Waals surface area contributed by atoms with Gasteiger partial charge in [0.25, 0.3) is 17.4 Å². The number of rotatable bonds is 7. The van der Waals surface area contributed by atoms with Crippen LogP contribution in [0.2, 0.25) is 5.02 Å². The number of benzene rings is 2. The molecule has 12 heteroatoms.